The van der Waals surface area contributed by atoms with E-state index in [0.29, 0.717) is 5.57 Å². The lowest BCUT2D eigenvalue weighted by Crippen LogP contribution is -1.96. The second-order valence-corrected chi connectivity index (χ2v) is 3.56. The Labute approximate surface area is 104 Å². The summed E-state index contributed by atoms with van der Waals surface area (Å²) >= 11 is 0. The highest BCUT2D eigenvalue weighted by molar-refractivity contribution is 5.74. The minimum atomic E-state index is 0.277. The fourth-order valence-corrected chi connectivity index (χ4v) is 1.54. The number of H-pyrrole nitrogens is 1. The van der Waals surface area contributed by atoms with Gasteiger partial charge in [0.2, 0.25) is 5.82 Å². The number of hydrogen-bond acceptors (Lipinski definition) is 5. The number of benzene rings is 1. The zero-order chi connectivity index (χ0) is 12.8. The molecule has 0 fully saturated rings. The average Bonchev–Trinajstić information content (AvgIpc) is 2.94. The quantitative estimate of drug-likeness (QED) is 0.794. The van der Waals surface area contributed by atoms with E-state index in [1.165, 1.54) is 5.56 Å². The highest BCUT2D eigenvalue weighted by Gasteiger charge is 2.05. The minimum Gasteiger partial charge on any atom is -0.360 e. The van der Waals surface area contributed by atoms with Crippen LogP contribution in [0.25, 0.3) is 5.57 Å². The van der Waals surface area contributed by atoms with Gasteiger partial charge in [0.05, 0.1) is 0 Å². The number of nitriles is 1. The van der Waals surface area contributed by atoms with E-state index in [2.05, 4.69) is 32.9 Å². The van der Waals surface area contributed by atoms with Crippen molar-refractivity contribution in [3.05, 3.63) is 41.9 Å². The summed E-state index contributed by atoms with van der Waals surface area (Å²) in [4.78, 5) is 0. The number of nitrogens with zero attached hydrogens (tertiary/aromatic N) is 4. The molecule has 0 spiro atoms. The van der Waals surface area contributed by atoms with E-state index in [1.807, 2.05) is 30.3 Å². The van der Waals surface area contributed by atoms with Crippen LogP contribution >= 0.6 is 0 Å². The van der Waals surface area contributed by atoms with Crippen LogP contribution in [0.4, 0.5) is 5.69 Å². The summed E-state index contributed by atoms with van der Waals surface area (Å²) in [6.07, 6.45) is 2.50. The van der Waals surface area contributed by atoms with Gasteiger partial charge >= 0.3 is 0 Å². The summed E-state index contributed by atoms with van der Waals surface area (Å²) in [5.74, 6) is 0.277. The van der Waals surface area contributed by atoms with Crippen molar-refractivity contribution in [1.82, 2.24) is 20.6 Å². The molecule has 0 bridgehead atoms. The number of anilines is 1. The third kappa shape index (κ3) is 2.52. The zero-order valence-electron chi connectivity index (χ0n) is 9.88. The maximum absolute atomic E-state index is 9.02. The normalized spacial score (nSPS) is 11.0. The largest absolute Gasteiger partial charge is 0.360 e. The van der Waals surface area contributed by atoms with Gasteiger partial charge in [-0.3, -0.25) is 0 Å². The van der Waals surface area contributed by atoms with Gasteiger partial charge < -0.3 is 5.32 Å². The lowest BCUT2D eigenvalue weighted by molar-refractivity contribution is 0.881. The third-order valence-corrected chi connectivity index (χ3v) is 2.48. The SMILES string of the molecule is CCc1ccccc1NC=C(C#N)c1nn[nH]n1. The van der Waals surface area contributed by atoms with E-state index in [4.69, 9.17) is 5.26 Å². The van der Waals surface area contributed by atoms with Crippen LogP contribution in [-0.2, 0) is 6.42 Å². The topological polar surface area (TPSA) is 90.3 Å². The minimum absolute atomic E-state index is 0.277. The van der Waals surface area contributed by atoms with Gasteiger partial charge in [0, 0.05) is 11.9 Å². The Kier molecular flexibility index (Phi) is 3.66. The van der Waals surface area contributed by atoms with Crippen molar-refractivity contribution >= 4 is 11.3 Å². The number of tetrazole rings is 1. The van der Waals surface area contributed by atoms with Crippen LogP contribution < -0.4 is 5.32 Å². The summed E-state index contributed by atoms with van der Waals surface area (Å²) in [6.45, 7) is 2.08. The Bertz CT molecular complexity index is 579. The van der Waals surface area contributed by atoms with Gasteiger partial charge in [-0.25, -0.2) is 0 Å². The molecule has 0 aliphatic rings. The molecular weight excluding hydrogens is 228 g/mol. The molecule has 18 heavy (non-hydrogen) atoms. The van der Waals surface area contributed by atoms with Crippen molar-refractivity contribution in [1.29, 1.82) is 5.26 Å². The molecule has 90 valence electrons. The van der Waals surface area contributed by atoms with Crippen LogP contribution in [0, 0.1) is 11.3 Å². The van der Waals surface area contributed by atoms with Crippen LogP contribution in [0.3, 0.4) is 0 Å². The molecule has 1 aromatic heterocycles. The number of hydrogen-bond donors (Lipinski definition) is 2. The fraction of sp³-hybridized carbons (Fsp3) is 0.167. The van der Waals surface area contributed by atoms with Gasteiger partial charge in [-0.05, 0) is 23.3 Å². The first-order valence-electron chi connectivity index (χ1n) is 5.53. The first kappa shape index (κ1) is 11.8. The number of nitrogens with one attached hydrogen (secondary N) is 2. The molecule has 1 aromatic carbocycles. The monoisotopic (exact) mass is 240 g/mol. The molecule has 0 saturated heterocycles. The highest BCUT2D eigenvalue weighted by atomic mass is 15.5. The Hall–Kier alpha value is -2.68. The number of rotatable bonds is 4. The van der Waals surface area contributed by atoms with Crippen molar-refractivity contribution in [3.63, 3.8) is 0 Å². The number of para-hydroxylation sites is 1. The molecule has 0 atom stereocenters. The molecule has 2 N–H and O–H groups in total. The maximum atomic E-state index is 9.02. The Morgan fingerprint density at radius 2 is 2.33 bits per heavy atom. The van der Waals surface area contributed by atoms with Gasteiger partial charge in [-0.2, -0.15) is 10.5 Å². The van der Waals surface area contributed by atoms with Crippen molar-refractivity contribution < 1.29 is 0 Å². The van der Waals surface area contributed by atoms with Crippen LogP contribution in [0.5, 0.6) is 0 Å². The molecule has 0 saturated carbocycles. The van der Waals surface area contributed by atoms with Crippen molar-refractivity contribution in [2.24, 2.45) is 0 Å². The first-order valence-corrected chi connectivity index (χ1v) is 5.53. The Morgan fingerprint density at radius 1 is 1.50 bits per heavy atom. The third-order valence-electron chi connectivity index (χ3n) is 2.48. The molecule has 0 aliphatic heterocycles. The number of aromatic nitrogens is 4. The molecule has 0 aliphatic carbocycles. The van der Waals surface area contributed by atoms with E-state index in [1.54, 1.807) is 6.20 Å². The summed E-state index contributed by atoms with van der Waals surface area (Å²) in [7, 11) is 0. The smallest absolute Gasteiger partial charge is 0.216 e. The van der Waals surface area contributed by atoms with Crippen molar-refractivity contribution in [3.8, 4) is 6.07 Å². The van der Waals surface area contributed by atoms with E-state index >= 15 is 0 Å². The molecule has 0 unspecified atom stereocenters. The second kappa shape index (κ2) is 5.59. The highest BCUT2D eigenvalue weighted by Crippen LogP contribution is 2.16. The predicted octanol–water partition coefficient (Wildman–Crippen LogP) is 1.74. The molecule has 2 rings (SSSR count). The molecule has 0 radical (unpaired) electrons. The predicted molar refractivity (Wildman–Crippen MR) is 67.2 cm³/mol. The van der Waals surface area contributed by atoms with Gasteiger partial charge in [-0.15, -0.1) is 10.2 Å². The van der Waals surface area contributed by atoms with Crippen LogP contribution in [0.1, 0.15) is 18.3 Å². The van der Waals surface area contributed by atoms with E-state index in [9.17, 15) is 0 Å². The first-order chi connectivity index (χ1) is 8.85. The maximum Gasteiger partial charge on any atom is 0.216 e. The van der Waals surface area contributed by atoms with Gasteiger partial charge in [0.1, 0.15) is 11.6 Å². The lowest BCUT2D eigenvalue weighted by Gasteiger charge is -2.06. The summed E-state index contributed by atoms with van der Waals surface area (Å²) in [5, 5.41) is 25.4. The van der Waals surface area contributed by atoms with Crippen LogP contribution in [-0.4, -0.2) is 20.6 Å². The van der Waals surface area contributed by atoms with Crippen LogP contribution in [0.15, 0.2) is 30.5 Å². The fourth-order valence-electron chi connectivity index (χ4n) is 1.54. The Balaban J connectivity index is 2.22. The van der Waals surface area contributed by atoms with E-state index in [0.717, 1.165) is 12.1 Å². The molecule has 0 amide bonds. The number of aromatic amines is 1. The zero-order valence-corrected chi connectivity index (χ0v) is 9.88. The van der Waals surface area contributed by atoms with E-state index in [-0.39, 0.29) is 5.82 Å². The summed E-state index contributed by atoms with van der Waals surface area (Å²) in [6, 6.07) is 9.95. The lowest BCUT2D eigenvalue weighted by atomic mass is 10.1. The Morgan fingerprint density at radius 3 is 3.00 bits per heavy atom. The van der Waals surface area contributed by atoms with Crippen molar-refractivity contribution in [2.45, 2.75) is 13.3 Å². The molecule has 2 aromatic rings. The summed E-state index contributed by atoms with van der Waals surface area (Å²) in [5.41, 5.74) is 2.48. The molecule has 6 nitrogen and oxygen atoms in total. The number of allylic oxidation sites excluding steroid dienone is 1. The van der Waals surface area contributed by atoms with Gasteiger partial charge in [-0.1, -0.05) is 25.1 Å². The van der Waals surface area contributed by atoms with Crippen molar-refractivity contribution in [2.75, 3.05) is 5.32 Å². The average molecular weight is 240 g/mol. The second-order valence-electron chi connectivity index (χ2n) is 3.56. The molecule has 1 heterocycles. The van der Waals surface area contributed by atoms with E-state index < -0.39 is 0 Å². The van der Waals surface area contributed by atoms with Crippen LogP contribution in [0.2, 0.25) is 0 Å². The standard InChI is InChI=1S/C12H12N6/c1-2-9-5-3-4-6-11(9)14-8-10(7-13)12-15-17-18-16-12/h3-6,8,14H,2H2,1H3,(H,15,16,17,18). The molecular formula is C12H12N6. The van der Waals surface area contributed by atoms with Gasteiger partial charge in [0.25, 0.3) is 0 Å². The molecule has 6 heteroatoms. The van der Waals surface area contributed by atoms with Gasteiger partial charge in [0.15, 0.2) is 0 Å². The number of aryl methyl sites for hydroxylation is 1. The summed E-state index contributed by atoms with van der Waals surface area (Å²) < 4.78 is 0.